The van der Waals surface area contributed by atoms with Gasteiger partial charge in [0.15, 0.2) is 0 Å². The summed E-state index contributed by atoms with van der Waals surface area (Å²) in [5.74, 6) is 0.228. The van der Waals surface area contributed by atoms with Crippen LogP contribution in [0.1, 0.15) is 18.4 Å². The van der Waals surface area contributed by atoms with Gasteiger partial charge >= 0.3 is 0 Å². The average molecular weight is 485 g/mol. The molecule has 1 aromatic heterocycles. The van der Waals surface area contributed by atoms with Gasteiger partial charge in [0.25, 0.3) is 5.56 Å². The monoisotopic (exact) mass is 484 g/mol. The Kier molecular flexibility index (Phi) is 6.18. The highest BCUT2D eigenvalue weighted by atomic mass is 79.9. The van der Waals surface area contributed by atoms with Crippen molar-refractivity contribution in [3.8, 4) is 5.69 Å². The van der Waals surface area contributed by atoms with E-state index >= 15 is 0 Å². The molecule has 0 unspecified atom stereocenters. The number of carbonyl (C=O) groups excluding carboxylic acids is 1. The quantitative estimate of drug-likeness (QED) is 0.599. The predicted octanol–water partition coefficient (Wildman–Crippen LogP) is 4.30. The van der Waals surface area contributed by atoms with Crippen molar-refractivity contribution < 1.29 is 9.18 Å². The lowest BCUT2D eigenvalue weighted by Gasteiger charge is -2.32. The first-order valence-corrected chi connectivity index (χ1v) is 10.9. The topological polar surface area (TPSA) is 67.2 Å². The molecule has 0 radical (unpaired) electrons. The standard InChI is InChI=1S/C23H22BrFN4O2/c1-15-14-18(4-7-20(15)24)26-23(31)16-10-12-28(13-11-16)21-8-9-22(30)29(27-21)19-5-2-17(25)3-6-19/h2-9,14,16H,10-13H2,1H3,(H,26,31). The van der Waals surface area contributed by atoms with E-state index in [4.69, 9.17) is 0 Å². The van der Waals surface area contributed by atoms with E-state index in [2.05, 4.69) is 31.2 Å². The summed E-state index contributed by atoms with van der Waals surface area (Å²) in [6.07, 6.45) is 1.39. The van der Waals surface area contributed by atoms with Crippen molar-refractivity contribution in [3.05, 3.63) is 80.8 Å². The number of amides is 1. The van der Waals surface area contributed by atoms with Gasteiger partial charge in [0, 0.05) is 35.2 Å². The van der Waals surface area contributed by atoms with Gasteiger partial charge in [0.1, 0.15) is 11.6 Å². The Labute approximate surface area is 187 Å². The molecule has 1 amide bonds. The Hall–Kier alpha value is -3.00. The Bertz CT molecular complexity index is 1150. The van der Waals surface area contributed by atoms with Crippen molar-refractivity contribution in [2.75, 3.05) is 23.3 Å². The zero-order valence-corrected chi connectivity index (χ0v) is 18.6. The Morgan fingerprint density at radius 3 is 2.48 bits per heavy atom. The molecular formula is C23H22BrFN4O2. The van der Waals surface area contributed by atoms with E-state index in [0.29, 0.717) is 37.4 Å². The van der Waals surface area contributed by atoms with E-state index in [1.807, 2.05) is 25.1 Å². The second-order valence-electron chi connectivity index (χ2n) is 7.63. The number of rotatable bonds is 4. The van der Waals surface area contributed by atoms with E-state index in [1.165, 1.54) is 35.0 Å². The number of halogens is 2. The van der Waals surface area contributed by atoms with Crippen LogP contribution in [0.4, 0.5) is 15.9 Å². The fourth-order valence-electron chi connectivity index (χ4n) is 3.67. The molecule has 3 aromatic rings. The molecule has 8 heteroatoms. The summed E-state index contributed by atoms with van der Waals surface area (Å²) in [6, 6.07) is 14.5. The van der Waals surface area contributed by atoms with E-state index in [9.17, 15) is 14.0 Å². The fourth-order valence-corrected chi connectivity index (χ4v) is 3.92. The first kappa shape index (κ1) is 21.2. The summed E-state index contributed by atoms with van der Waals surface area (Å²) >= 11 is 3.47. The molecule has 1 N–H and O–H groups in total. The molecule has 160 valence electrons. The van der Waals surface area contributed by atoms with Crippen molar-refractivity contribution in [1.29, 1.82) is 0 Å². The van der Waals surface area contributed by atoms with Crippen molar-refractivity contribution in [1.82, 2.24) is 9.78 Å². The maximum atomic E-state index is 13.2. The maximum absolute atomic E-state index is 13.2. The highest BCUT2D eigenvalue weighted by Crippen LogP contribution is 2.24. The molecule has 1 fully saturated rings. The Morgan fingerprint density at radius 2 is 1.81 bits per heavy atom. The van der Waals surface area contributed by atoms with Gasteiger partial charge < -0.3 is 10.2 Å². The van der Waals surface area contributed by atoms with Gasteiger partial charge in [-0.05, 0) is 73.9 Å². The van der Waals surface area contributed by atoms with Crippen LogP contribution in [0.2, 0.25) is 0 Å². The summed E-state index contributed by atoms with van der Waals surface area (Å²) in [6.45, 7) is 3.30. The molecule has 1 aliphatic heterocycles. The maximum Gasteiger partial charge on any atom is 0.271 e. The van der Waals surface area contributed by atoms with Crippen LogP contribution in [0.25, 0.3) is 5.69 Å². The number of hydrogen-bond donors (Lipinski definition) is 1. The van der Waals surface area contributed by atoms with Gasteiger partial charge in [-0.1, -0.05) is 15.9 Å². The van der Waals surface area contributed by atoms with Crippen LogP contribution < -0.4 is 15.8 Å². The third-order valence-electron chi connectivity index (χ3n) is 5.47. The molecule has 31 heavy (non-hydrogen) atoms. The molecule has 0 bridgehead atoms. The largest absolute Gasteiger partial charge is 0.355 e. The lowest BCUT2D eigenvalue weighted by molar-refractivity contribution is -0.120. The zero-order chi connectivity index (χ0) is 22.0. The molecule has 2 heterocycles. The van der Waals surface area contributed by atoms with E-state index in [-0.39, 0.29) is 23.2 Å². The van der Waals surface area contributed by atoms with Gasteiger partial charge in [-0.2, -0.15) is 4.68 Å². The number of nitrogens with zero attached hydrogens (tertiary/aromatic N) is 3. The second kappa shape index (κ2) is 9.01. The van der Waals surface area contributed by atoms with Gasteiger partial charge in [0.05, 0.1) is 5.69 Å². The number of aromatic nitrogens is 2. The summed E-state index contributed by atoms with van der Waals surface area (Å²) in [5.41, 5.74) is 2.08. The number of nitrogens with one attached hydrogen (secondary N) is 1. The molecule has 1 aliphatic rings. The molecule has 0 spiro atoms. The molecule has 2 aromatic carbocycles. The highest BCUT2D eigenvalue weighted by molar-refractivity contribution is 9.10. The van der Waals surface area contributed by atoms with Crippen molar-refractivity contribution in [2.45, 2.75) is 19.8 Å². The van der Waals surface area contributed by atoms with Crippen LogP contribution in [0.3, 0.4) is 0 Å². The van der Waals surface area contributed by atoms with Crippen molar-refractivity contribution in [3.63, 3.8) is 0 Å². The number of aryl methyl sites for hydroxylation is 1. The van der Waals surface area contributed by atoms with Gasteiger partial charge in [-0.3, -0.25) is 9.59 Å². The van der Waals surface area contributed by atoms with Crippen LogP contribution in [0.5, 0.6) is 0 Å². The highest BCUT2D eigenvalue weighted by Gasteiger charge is 2.26. The number of piperidine rings is 1. The summed E-state index contributed by atoms with van der Waals surface area (Å²) in [7, 11) is 0. The van der Waals surface area contributed by atoms with Crippen LogP contribution >= 0.6 is 15.9 Å². The van der Waals surface area contributed by atoms with Gasteiger partial charge in [-0.25, -0.2) is 4.39 Å². The number of carbonyl (C=O) groups is 1. The molecular weight excluding hydrogens is 463 g/mol. The number of benzene rings is 2. The molecule has 0 saturated carbocycles. The lowest BCUT2D eigenvalue weighted by atomic mass is 9.95. The fraction of sp³-hybridized carbons (Fsp3) is 0.261. The predicted molar refractivity (Wildman–Crippen MR) is 122 cm³/mol. The normalized spacial score (nSPS) is 14.5. The van der Waals surface area contributed by atoms with Crippen LogP contribution in [-0.4, -0.2) is 28.8 Å². The first-order chi connectivity index (χ1) is 14.9. The van der Waals surface area contributed by atoms with E-state index < -0.39 is 0 Å². The number of hydrogen-bond acceptors (Lipinski definition) is 4. The molecule has 0 aliphatic carbocycles. The Balaban J connectivity index is 1.42. The Morgan fingerprint density at radius 1 is 1.10 bits per heavy atom. The minimum atomic E-state index is -0.369. The minimum absolute atomic E-state index is 0.0191. The SMILES string of the molecule is Cc1cc(NC(=O)C2CCN(c3ccc(=O)n(-c4ccc(F)cc4)n3)CC2)ccc1Br. The summed E-state index contributed by atoms with van der Waals surface area (Å²) in [5, 5.41) is 7.46. The van der Waals surface area contributed by atoms with Gasteiger partial charge in [0.2, 0.25) is 5.91 Å². The van der Waals surface area contributed by atoms with E-state index in [0.717, 1.165) is 15.7 Å². The van der Waals surface area contributed by atoms with Gasteiger partial charge in [-0.15, -0.1) is 5.10 Å². The summed E-state index contributed by atoms with van der Waals surface area (Å²) in [4.78, 5) is 27.0. The van der Waals surface area contributed by atoms with Crippen LogP contribution in [0.15, 0.2) is 63.9 Å². The molecule has 4 rings (SSSR count). The average Bonchev–Trinajstić information content (AvgIpc) is 2.77. The lowest BCUT2D eigenvalue weighted by Crippen LogP contribution is -2.39. The minimum Gasteiger partial charge on any atom is -0.355 e. The number of anilines is 2. The smallest absolute Gasteiger partial charge is 0.271 e. The summed E-state index contributed by atoms with van der Waals surface area (Å²) < 4.78 is 15.5. The van der Waals surface area contributed by atoms with Crippen molar-refractivity contribution in [2.24, 2.45) is 5.92 Å². The zero-order valence-electron chi connectivity index (χ0n) is 17.0. The molecule has 1 saturated heterocycles. The van der Waals surface area contributed by atoms with E-state index in [1.54, 1.807) is 6.07 Å². The first-order valence-electron chi connectivity index (χ1n) is 10.1. The molecule has 6 nitrogen and oxygen atoms in total. The third-order valence-corrected chi connectivity index (χ3v) is 6.36. The third kappa shape index (κ3) is 4.85. The van der Waals surface area contributed by atoms with Crippen LogP contribution in [-0.2, 0) is 4.79 Å². The molecule has 0 atom stereocenters. The van der Waals surface area contributed by atoms with Crippen LogP contribution in [0, 0.1) is 18.7 Å². The second-order valence-corrected chi connectivity index (χ2v) is 8.49. The van der Waals surface area contributed by atoms with Crippen molar-refractivity contribution >= 4 is 33.3 Å².